The Hall–Kier alpha value is -3.40. The molecule has 0 fully saturated rings. The molecular formula is C31H31Cl2N5O3S. The van der Waals surface area contributed by atoms with Crippen molar-refractivity contribution >= 4 is 44.7 Å². The van der Waals surface area contributed by atoms with E-state index in [4.69, 9.17) is 32.9 Å². The molecule has 0 saturated carbocycles. The van der Waals surface area contributed by atoms with Gasteiger partial charge < -0.3 is 9.64 Å². The number of aromatic nitrogens is 3. The van der Waals surface area contributed by atoms with Crippen LogP contribution in [-0.4, -0.2) is 36.5 Å². The number of rotatable bonds is 5. The number of halogens is 2. The van der Waals surface area contributed by atoms with Crippen LogP contribution >= 0.6 is 23.2 Å². The second-order valence-electron chi connectivity index (χ2n) is 11.6. The molecule has 42 heavy (non-hydrogen) atoms. The fourth-order valence-electron chi connectivity index (χ4n) is 5.72. The molecule has 0 amide bonds. The third-order valence-electron chi connectivity index (χ3n) is 7.90. The number of aryl methyl sites for hydroxylation is 2. The fraction of sp³-hybridized carbons (Fsp3) is 0.323. The standard InChI is InChI=1S/C31H31Cl2N5O3S/c1-19-5-4-6-24(32)28(19)42(39,40)37-26-14-21(16-34-29(26)33)20-7-8-27-22(13-20)17-38(11-12-41-27)30-23-15-31(2,3)10-9-25(23)35-18-36-30/h4-8,13-14,16,18,37H,9-12,15,17H2,1-3H3. The van der Waals surface area contributed by atoms with Gasteiger partial charge in [0, 0.05) is 35.1 Å². The summed E-state index contributed by atoms with van der Waals surface area (Å²) < 4.78 is 35.3. The molecule has 218 valence electrons. The van der Waals surface area contributed by atoms with Crippen molar-refractivity contribution < 1.29 is 13.2 Å². The second kappa shape index (κ2) is 11.0. The maximum absolute atomic E-state index is 13.3. The highest BCUT2D eigenvalue weighted by Crippen LogP contribution is 2.39. The highest BCUT2D eigenvalue weighted by Gasteiger charge is 2.31. The van der Waals surface area contributed by atoms with E-state index in [1.807, 2.05) is 18.2 Å². The van der Waals surface area contributed by atoms with Crippen LogP contribution in [0.15, 0.2) is 59.9 Å². The van der Waals surface area contributed by atoms with E-state index in [0.29, 0.717) is 30.8 Å². The first kappa shape index (κ1) is 28.7. The molecule has 6 rings (SSSR count). The zero-order valence-corrected chi connectivity index (χ0v) is 25.9. The van der Waals surface area contributed by atoms with Crippen molar-refractivity contribution in [1.29, 1.82) is 0 Å². The lowest BCUT2D eigenvalue weighted by atomic mass is 9.76. The molecule has 1 aliphatic carbocycles. The minimum absolute atomic E-state index is 0.00528. The number of benzene rings is 2. The van der Waals surface area contributed by atoms with Gasteiger partial charge in [-0.05, 0) is 67.0 Å². The Morgan fingerprint density at radius 1 is 1.05 bits per heavy atom. The molecule has 1 N–H and O–H groups in total. The number of ether oxygens (including phenoxy) is 1. The molecule has 2 aliphatic rings. The monoisotopic (exact) mass is 623 g/mol. The molecule has 2 aromatic heterocycles. The van der Waals surface area contributed by atoms with Crippen molar-refractivity contribution in [2.24, 2.45) is 5.41 Å². The molecule has 8 nitrogen and oxygen atoms in total. The van der Waals surface area contributed by atoms with Gasteiger partial charge in [0.2, 0.25) is 0 Å². The Kier molecular flexibility index (Phi) is 7.53. The van der Waals surface area contributed by atoms with Crippen LogP contribution in [0.4, 0.5) is 11.5 Å². The molecule has 0 bridgehead atoms. The summed E-state index contributed by atoms with van der Waals surface area (Å²) in [5.74, 6) is 1.77. The number of sulfonamides is 1. The predicted molar refractivity (Wildman–Crippen MR) is 166 cm³/mol. The summed E-state index contributed by atoms with van der Waals surface area (Å²) in [6.45, 7) is 8.12. The number of fused-ring (bicyclic) bond motifs is 2. The van der Waals surface area contributed by atoms with E-state index in [9.17, 15) is 8.42 Å². The zero-order valence-electron chi connectivity index (χ0n) is 23.6. The average molecular weight is 625 g/mol. The Balaban J connectivity index is 1.32. The molecule has 2 aromatic carbocycles. The van der Waals surface area contributed by atoms with Crippen LogP contribution in [0.1, 0.15) is 42.7 Å². The lowest BCUT2D eigenvalue weighted by Crippen LogP contribution is -2.31. The largest absolute Gasteiger partial charge is 0.491 e. The average Bonchev–Trinajstić information content (AvgIpc) is 3.15. The normalized spacial score (nSPS) is 16.2. The van der Waals surface area contributed by atoms with E-state index in [2.05, 4.69) is 33.4 Å². The van der Waals surface area contributed by atoms with Crippen LogP contribution in [0.2, 0.25) is 10.2 Å². The third kappa shape index (κ3) is 5.65. The van der Waals surface area contributed by atoms with Crippen molar-refractivity contribution in [1.82, 2.24) is 15.0 Å². The van der Waals surface area contributed by atoms with Gasteiger partial charge in [0.05, 0.1) is 17.3 Å². The predicted octanol–water partition coefficient (Wildman–Crippen LogP) is 6.87. The van der Waals surface area contributed by atoms with Crippen LogP contribution in [-0.2, 0) is 29.4 Å². The van der Waals surface area contributed by atoms with Gasteiger partial charge in [-0.3, -0.25) is 4.72 Å². The van der Waals surface area contributed by atoms with Crippen molar-refractivity contribution in [2.45, 2.75) is 51.5 Å². The molecule has 0 unspecified atom stereocenters. The van der Waals surface area contributed by atoms with Gasteiger partial charge in [-0.25, -0.2) is 23.4 Å². The number of hydrogen-bond acceptors (Lipinski definition) is 7. The summed E-state index contributed by atoms with van der Waals surface area (Å²) in [5, 5.41) is 0.166. The van der Waals surface area contributed by atoms with Crippen LogP contribution in [0.5, 0.6) is 5.75 Å². The Morgan fingerprint density at radius 2 is 1.88 bits per heavy atom. The summed E-state index contributed by atoms with van der Waals surface area (Å²) in [4.78, 5) is 15.9. The van der Waals surface area contributed by atoms with E-state index >= 15 is 0 Å². The van der Waals surface area contributed by atoms with Crippen molar-refractivity contribution in [3.8, 4) is 16.9 Å². The van der Waals surface area contributed by atoms with E-state index in [1.54, 1.807) is 43.7 Å². The summed E-state index contributed by atoms with van der Waals surface area (Å²) in [7, 11) is -4.01. The number of hydrogen-bond donors (Lipinski definition) is 1. The minimum atomic E-state index is -4.01. The lowest BCUT2D eigenvalue weighted by Gasteiger charge is -2.33. The second-order valence-corrected chi connectivity index (χ2v) is 14.0. The van der Waals surface area contributed by atoms with Gasteiger partial charge >= 0.3 is 0 Å². The highest BCUT2D eigenvalue weighted by molar-refractivity contribution is 7.93. The minimum Gasteiger partial charge on any atom is -0.491 e. The van der Waals surface area contributed by atoms with Crippen molar-refractivity contribution in [3.05, 3.63) is 87.5 Å². The smallest absolute Gasteiger partial charge is 0.263 e. The fourth-order valence-corrected chi connectivity index (χ4v) is 7.81. The van der Waals surface area contributed by atoms with Gasteiger partial charge in [-0.2, -0.15) is 0 Å². The molecule has 3 heterocycles. The Labute approximate surface area is 256 Å². The van der Waals surface area contributed by atoms with Crippen LogP contribution in [0.3, 0.4) is 0 Å². The lowest BCUT2D eigenvalue weighted by molar-refractivity contribution is 0.310. The van der Waals surface area contributed by atoms with Crippen molar-refractivity contribution in [2.75, 3.05) is 22.8 Å². The van der Waals surface area contributed by atoms with Gasteiger partial charge in [0.15, 0.2) is 5.15 Å². The molecule has 11 heteroatoms. The van der Waals surface area contributed by atoms with Crippen LogP contribution < -0.4 is 14.4 Å². The van der Waals surface area contributed by atoms with Gasteiger partial charge in [-0.15, -0.1) is 0 Å². The molecule has 4 aromatic rings. The van der Waals surface area contributed by atoms with Crippen molar-refractivity contribution in [3.63, 3.8) is 0 Å². The maximum Gasteiger partial charge on any atom is 0.263 e. The topological polar surface area (TPSA) is 97.3 Å². The summed E-state index contributed by atoms with van der Waals surface area (Å²) in [5.41, 5.74) is 5.79. The Morgan fingerprint density at radius 3 is 2.69 bits per heavy atom. The SMILES string of the molecule is Cc1cccc(Cl)c1S(=O)(=O)Nc1cc(-c2ccc3c(c2)CN(c2ncnc4c2CC(C)(C)CC4)CCO3)cnc1Cl. The number of nitrogens with one attached hydrogen (secondary N) is 1. The molecular weight excluding hydrogens is 593 g/mol. The zero-order chi connectivity index (χ0) is 29.6. The van der Waals surface area contributed by atoms with Gasteiger partial charge in [0.1, 0.15) is 29.4 Å². The highest BCUT2D eigenvalue weighted by atomic mass is 35.5. The van der Waals surface area contributed by atoms with E-state index in [1.165, 1.54) is 5.56 Å². The molecule has 0 atom stereocenters. The number of nitrogens with zero attached hydrogens (tertiary/aromatic N) is 4. The Bertz CT molecular complexity index is 1780. The third-order valence-corrected chi connectivity index (χ3v) is 10.2. The summed E-state index contributed by atoms with van der Waals surface area (Å²) in [6.07, 6.45) is 6.29. The molecule has 1 aliphatic heterocycles. The summed E-state index contributed by atoms with van der Waals surface area (Å²) in [6, 6.07) is 12.5. The quantitative estimate of drug-likeness (QED) is 0.242. The molecule has 0 spiro atoms. The van der Waals surface area contributed by atoms with E-state index < -0.39 is 10.0 Å². The van der Waals surface area contributed by atoms with Gasteiger partial charge in [0.25, 0.3) is 10.0 Å². The van der Waals surface area contributed by atoms with E-state index in [-0.39, 0.29) is 26.2 Å². The first-order valence-electron chi connectivity index (χ1n) is 13.8. The summed E-state index contributed by atoms with van der Waals surface area (Å²) >= 11 is 12.6. The molecule has 0 saturated heterocycles. The van der Waals surface area contributed by atoms with Gasteiger partial charge in [-0.1, -0.05) is 55.2 Å². The van der Waals surface area contributed by atoms with Crippen LogP contribution in [0.25, 0.3) is 11.1 Å². The van der Waals surface area contributed by atoms with E-state index in [0.717, 1.165) is 47.7 Å². The van der Waals surface area contributed by atoms with Crippen LogP contribution in [0, 0.1) is 12.3 Å². The number of anilines is 2. The number of pyridine rings is 1. The first-order valence-corrected chi connectivity index (χ1v) is 16.0. The first-order chi connectivity index (χ1) is 20.0. The maximum atomic E-state index is 13.3. The molecule has 0 radical (unpaired) electrons.